The molecule has 5 rings (SSSR count). The van der Waals surface area contributed by atoms with Crippen LogP contribution in [-0.4, -0.2) is 59.6 Å². The predicted octanol–water partition coefficient (Wildman–Crippen LogP) is 3.67. The molecule has 8 nitrogen and oxygen atoms in total. The zero-order valence-corrected chi connectivity index (χ0v) is 22.1. The van der Waals surface area contributed by atoms with Crippen molar-refractivity contribution in [1.29, 1.82) is 0 Å². The average Bonchev–Trinajstić information content (AvgIpc) is 3.53. The molecule has 3 amide bonds. The third kappa shape index (κ3) is 4.54. The van der Waals surface area contributed by atoms with E-state index in [-0.39, 0.29) is 23.8 Å². The molecule has 2 bridgehead atoms. The van der Waals surface area contributed by atoms with E-state index in [0.717, 1.165) is 37.9 Å². The molecule has 1 spiro atoms. The van der Waals surface area contributed by atoms with E-state index in [4.69, 9.17) is 9.47 Å². The Morgan fingerprint density at radius 2 is 1.89 bits per heavy atom. The summed E-state index contributed by atoms with van der Waals surface area (Å²) in [7, 11) is 0. The van der Waals surface area contributed by atoms with Crippen LogP contribution in [0, 0.1) is 17.8 Å². The van der Waals surface area contributed by atoms with E-state index in [2.05, 4.69) is 24.5 Å². The normalized spacial score (nSPS) is 33.9. The summed E-state index contributed by atoms with van der Waals surface area (Å²) in [6.07, 6.45) is 9.21. The molecule has 7 atom stereocenters. The molecule has 0 unspecified atom stereocenters. The summed E-state index contributed by atoms with van der Waals surface area (Å²) in [5.74, 6) is -0.884. The Bertz CT molecular complexity index is 1060. The summed E-state index contributed by atoms with van der Waals surface area (Å²) in [6, 6.07) is 6.51. The first-order chi connectivity index (χ1) is 17.9. The fourth-order valence-electron chi connectivity index (χ4n) is 6.66. The number of benzene rings is 1. The van der Waals surface area contributed by atoms with E-state index in [1.165, 1.54) is 6.42 Å². The van der Waals surface area contributed by atoms with Gasteiger partial charge in [-0.15, -0.1) is 0 Å². The van der Waals surface area contributed by atoms with Gasteiger partial charge in [0.15, 0.2) is 0 Å². The van der Waals surface area contributed by atoms with E-state index >= 15 is 0 Å². The largest absolute Gasteiger partial charge is 0.494 e. The Morgan fingerprint density at radius 1 is 1.14 bits per heavy atom. The molecule has 3 fully saturated rings. The maximum absolute atomic E-state index is 13.9. The summed E-state index contributed by atoms with van der Waals surface area (Å²) >= 11 is 0. The number of nitrogens with one attached hydrogen (secondary N) is 2. The second kappa shape index (κ2) is 10.5. The number of hydrogen-bond donors (Lipinski definition) is 2. The first-order valence-corrected chi connectivity index (χ1v) is 13.9. The number of nitrogens with zero attached hydrogens (tertiary/aromatic N) is 1. The van der Waals surface area contributed by atoms with Gasteiger partial charge in [0.1, 0.15) is 17.4 Å². The molecule has 1 saturated carbocycles. The monoisotopic (exact) mass is 509 g/mol. The van der Waals surface area contributed by atoms with E-state index in [1.54, 1.807) is 29.2 Å². The number of ether oxygens (including phenoxy) is 2. The Labute approximate surface area is 219 Å². The first kappa shape index (κ1) is 25.8. The average molecular weight is 510 g/mol. The minimum absolute atomic E-state index is 0.0983. The van der Waals surface area contributed by atoms with Gasteiger partial charge in [-0.2, -0.15) is 0 Å². The van der Waals surface area contributed by atoms with Crippen LogP contribution in [0.1, 0.15) is 59.3 Å². The minimum atomic E-state index is -1.11. The van der Waals surface area contributed by atoms with Crippen LogP contribution < -0.4 is 15.4 Å². The molecule has 37 heavy (non-hydrogen) atoms. The van der Waals surface area contributed by atoms with Gasteiger partial charge < -0.3 is 25.0 Å². The number of anilines is 1. The fraction of sp³-hybridized carbons (Fsp3) is 0.621. The third-order valence-corrected chi connectivity index (χ3v) is 8.55. The summed E-state index contributed by atoms with van der Waals surface area (Å²) in [6.45, 7) is 7.20. The quantitative estimate of drug-likeness (QED) is 0.495. The number of fused-ring (bicyclic) bond motifs is 1. The lowest BCUT2D eigenvalue weighted by atomic mass is 9.74. The van der Waals surface area contributed by atoms with E-state index in [0.29, 0.717) is 24.8 Å². The summed E-state index contributed by atoms with van der Waals surface area (Å²) in [5, 5.41) is 6.23. The van der Waals surface area contributed by atoms with Gasteiger partial charge in [-0.3, -0.25) is 14.4 Å². The number of unbranched alkanes of at least 4 members (excludes halogenated alkanes) is 1. The highest BCUT2D eigenvalue weighted by Crippen LogP contribution is 2.55. The number of carbonyl (C=O) groups is 3. The van der Waals surface area contributed by atoms with Crippen molar-refractivity contribution < 1.29 is 23.9 Å². The smallest absolute Gasteiger partial charge is 0.246 e. The van der Waals surface area contributed by atoms with Crippen molar-refractivity contribution in [3.8, 4) is 5.75 Å². The standard InChI is InChI=1S/C29H39N3O5/c1-4-6-17-32-25(27(34)31-21-10-8-7-9-18(21)3)29-16-15-22(37-29)23(24(29)28(32)35)26(33)30-19-11-13-20(14-12-19)36-5-2/h11-16,18,21-25H,4-10,17H2,1-3H3,(H,30,33)(H,31,34)/t18-,21-,22+,23-,24+,25+,29+/m1/s1. The van der Waals surface area contributed by atoms with Gasteiger partial charge in [-0.1, -0.05) is 45.3 Å². The maximum Gasteiger partial charge on any atom is 0.246 e. The minimum Gasteiger partial charge on any atom is -0.494 e. The van der Waals surface area contributed by atoms with Crippen LogP contribution in [0.15, 0.2) is 36.4 Å². The molecule has 3 aliphatic heterocycles. The van der Waals surface area contributed by atoms with Crippen LogP contribution in [0.5, 0.6) is 5.75 Å². The van der Waals surface area contributed by atoms with Crippen LogP contribution in [0.2, 0.25) is 0 Å². The van der Waals surface area contributed by atoms with Gasteiger partial charge in [-0.25, -0.2) is 0 Å². The lowest BCUT2D eigenvalue weighted by molar-refractivity contribution is -0.141. The molecular weight excluding hydrogens is 470 g/mol. The van der Waals surface area contributed by atoms with E-state index < -0.39 is 29.6 Å². The van der Waals surface area contributed by atoms with Crippen molar-refractivity contribution in [2.45, 2.75) is 83.1 Å². The van der Waals surface area contributed by atoms with Crippen molar-refractivity contribution in [2.75, 3.05) is 18.5 Å². The zero-order valence-electron chi connectivity index (χ0n) is 22.1. The lowest BCUT2D eigenvalue weighted by Gasteiger charge is -2.36. The number of carbonyl (C=O) groups excluding carboxylic acids is 3. The molecule has 0 aromatic heterocycles. The summed E-state index contributed by atoms with van der Waals surface area (Å²) < 4.78 is 11.9. The maximum atomic E-state index is 13.9. The van der Waals surface area contributed by atoms with Gasteiger partial charge in [0.25, 0.3) is 0 Å². The number of rotatable bonds is 9. The highest BCUT2D eigenvalue weighted by molar-refractivity contribution is 6.02. The second-order valence-corrected chi connectivity index (χ2v) is 10.9. The highest BCUT2D eigenvalue weighted by atomic mass is 16.5. The SMILES string of the molecule is CCCCN1C(=O)[C@@H]2[C@H](C(=O)Nc3ccc(OCC)cc3)[C@@H]3C=C[C@@]2(O3)[C@@H]1C(=O)N[C@@H]1CCCC[C@H]1C. The predicted molar refractivity (Wildman–Crippen MR) is 140 cm³/mol. The fourth-order valence-corrected chi connectivity index (χ4v) is 6.66. The first-order valence-electron chi connectivity index (χ1n) is 13.9. The van der Waals surface area contributed by atoms with Crippen LogP contribution in [0.4, 0.5) is 5.69 Å². The molecular formula is C29H39N3O5. The van der Waals surface area contributed by atoms with Crippen LogP contribution in [-0.2, 0) is 19.1 Å². The molecule has 4 aliphatic rings. The second-order valence-electron chi connectivity index (χ2n) is 10.9. The van der Waals surface area contributed by atoms with Crippen LogP contribution in [0.3, 0.4) is 0 Å². The number of amides is 3. The lowest BCUT2D eigenvalue weighted by Crippen LogP contribution is -2.57. The zero-order chi connectivity index (χ0) is 26.2. The summed E-state index contributed by atoms with van der Waals surface area (Å²) in [5.41, 5.74) is -0.485. The Morgan fingerprint density at radius 3 is 2.59 bits per heavy atom. The summed E-state index contributed by atoms with van der Waals surface area (Å²) in [4.78, 5) is 42.9. The van der Waals surface area contributed by atoms with Crippen LogP contribution in [0.25, 0.3) is 0 Å². The molecule has 2 saturated heterocycles. The molecule has 8 heteroatoms. The van der Waals surface area contributed by atoms with Gasteiger partial charge in [0, 0.05) is 18.3 Å². The van der Waals surface area contributed by atoms with Crippen molar-refractivity contribution in [3.63, 3.8) is 0 Å². The topological polar surface area (TPSA) is 97.0 Å². The molecule has 1 aromatic carbocycles. The number of likely N-dealkylation sites (tertiary alicyclic amines) is 1. The molecule has 2 N–H and O–H groups in total. The van der Waals surface area contributed by atoms with Gasteiger partial charge in [-0.05, 0) is 56.4 Å². The molecule has 3 heterocycles. The Kier molecular flexibility index (Phi) is 7.30. The van der Waals surface area contributed by atoms with E-state index in [9.17, 15) is 14.4 Å². The van der Waals surface area contributed by atoms with Gasteiger partial charge in [0.05, 0.1) is 24.5 Å². The molecule has 1 aromatic rings. The van der Waals surface area contributed by atoms with Crippen LogP contribution >= 0.6 is 0 Å². The third-order valence-electron chi connectivity index (χ3n) is 8.55. The van der Waals surface area contributed by atoms with Crippen molar-refractivity contribution in [3.05, 3.63) is 36.4 Å². The Hall–Kier alpha value is -2.87. The number of hydrogen-bond acceptors (Lipinski definition) is 5. The van der Waals surface area contributed by atoms with Crippen molar-refractivity contribution in [2.24, 2.45) is 17.8 Å². The van der Waals surface area contributed by atoms with Gasteiger partial charge >= 0.3 is 0 Å². The molecule has 200 valence electrons. The highest BCUT2D eigenvalue weighted by Gasteiger charge is 2.72. The molecule has 0 radical (unpaired) electrons. The molecule has 1 aliphatic carbocycles. The van der Waals surface area contributed by atoms with Crippen molar-refractivity contribution >= 4 is 23.4 Å². The van der Waals surface area contributed by atoms with Crippen molar-refractivity contribution in [1.82, 2.24) is 10.2 Å². The van der Waals surface area contributed by atoms with Gasteiger partial charge in [0.2, 0.25) is 17.7 Å². The Balaban J connectivity index is 1.39. The van der Waals surface area contributed by atoms with E-state index in [1.807, 2.05) is 19.1 Å².